The Morgan fingerprint density at radius 2 is 2.00 bits per heavy atom. The van der Waals surface area contributed by atoms with Gasteiger partial charge < -0.3 is 0 Å². The Morgan fingerprint density at radius 1 is 1.39 bits per heavy atom. The van der Waals surface area contributed by atoms with Gasteiger partial charge in [-0.25, -0.2) is 8.78 Å². The van der Waals surface area contributed by atoms with Crippen molar-refractivity contribution < 1.29 is 18.2 Å². The lowest BCUT2D eigenvalue weighted by Gasteiger charge is -2.34. The van der Waals surface area contributed by atoms with E-state index < -0.39 is 5.92 Å². The highest BCUT2D eigenvalue weighted by atomic mass is 32.2. The molecular formula is C12H15F2NO2S. The number of rotatable bonds is 5. The maximum Gasteiger partial charge on any atom is 0.248 e. The number of hydrogen-bond acceptors (Lipinski definition) is 4. The van der Waals surface area contributed by atoms with Crippen LogP contribution in [0.2, 0.25) is 0 Å². The van der Waals surface area contributed by atoms with Crippen molar-refractivity contribution in [2.24, 2.45) is 5.92 Å². The lowest BCUT2D eigenvalue weighted by atomic mass is 9.82. The third kappa shape index (κ3) is 3.57. The highest BCUT2D eigenvalue weighted by Crippen LogP contribution is 2.42. The van der Waals surface area contributed by atoms with Crippen molar-refractivity contribution >= 4 is 17.9 Å². The van der Waals surface area contributed by atoms with Crippen LogP contribution in [0.1, 0.15) is 18.4 Å². The van der Waals surface area contributed by atoms with Crippen LogP contribution in [-0.4, -0.2) is 17.7 Å². The number of hydrogen-bond donors (Lipinski definition) is 1. The van der Waals surface area contributed by atoms with E-state index in [-0.39, 0.29) is 25.4 Å². The van der Waals surface area contributed by atoms with Crippen LogP contribution in [-0.2, 0) is 4.18 Å². The fourth-order valence-corrected chi connectivity index (χ4v) is 2.36. The summed E-state index contributed by atoms with van der Waals surface area (Å²) < 4.78 is 31.1. The van der Waals surface area contributed by atoms with E-state index in [2.05, 4.69) is 0 Å². The number of nitrogens with zero attached hydrogens (tertiary/aromatic N) is 1. The van der Waals surface area contributed by atoms with Crippen LogP contribution in [0.4, 0.5) is 14.5 Å². The average Bonchev–Trinajstić information content (AvgIpc) is 2.27. The molecule has 100 valence electrons. The van der Waals surface area contributed by atoms with E-state index in [9.17, 15) is 14.0 Å². The molecule has 0 amide bonds. The van der Waals surface area contributed by atoms with Crippen LogP contribution in [0, 0.1) is 12.8 Å². The quantitative estimate of drug-likeness (QED) is 0.503. The Labute approximate surface area is 109 Å². The van der Waals surface area contributed by atoms with E-state index in [1.54, 1.807) is 12.1 Å². The molecule has 1 aromatic carbocycles. The summed E-state index contributed by atoms with van der Waals surface area (Å²) in [5.74, 6) is -2.63. The normalized spacial score (nSPS) is 18.4. The number of benzene rings is 1. The Morgan fingerprint density at radius 3 is 2.56 bits per heavy atom. The maximum absolute atomic E-state index is 12.6. The van der Waals surface area contributed by atoms with E-state index in [1.807, 2.05) is 19.1 Å². The summed E-state index contributed by atoms with van der Waals surface area (Å²) in [6, 6.07) is 7.24. The van der Waals surface area contributed by atoms with Crippen molar-refractivity contribution in [2.75, 3.05) is 11.1 Å². The minimum Gasteiger partial charge on any atom is -0.295 e. The zero-order valence-electron chi connectivity index (χ0n) is 9.97. The molecule has 1 saturated carbocycles. The van der Waals surface area contributed by atoms with E-state index in [0.717, 1.165) is 22.3 Å². The monoisotopic (exact) mass is 275 g/mol. The van der Waals surface area contributed by atoms with Gasteiger partial charge in [0.05, 0.1) is 12.3 Å². The first-order chi connectivity index (χ1) is 8.46. The molecule has 18 heavy (non-hydrogen) atoms. The van der Waals surface area contributed by atoms with Gasteiger partial charge in [-0.05, 0) is 25.0 Å². The average molecular weight is 275 g/mol. The van der Waals surface area contributed by atoms with Crippen molar-refractivity contribution in [3.63, 3.8) is 0 Å². The van der Waals surface area contributed by atoms with Gasteiger partial charge in [0.1, 0.15) is 12.2 Å². The number of halogens is 2. The Bertz CT molecular complexity index is 392. The number of aryl methyl sites for hydroxylation is 1. The van der Waals surface area contributed by atoms with E-state index in [0.29, 0.717) is 5.69 Å². The van der Waals surface area contributed by atoms with Crippen molar-refractivity contribution in [1.29, 1.82) is 0 Å². The first-order valence-corrected chi connectivity index (χ1v) is 6.39. The molecule has 1 aliphatic carbocycles. The Hall–Kier alpha value is -0.850. The topological polar surface area (TPSA) is 32.7 Å². The van der Waals surface area contributed by atoms with Crippen molar-refractivity contribution in [1.82, 2.24) is 0 Å². The molecule has 1 N–H and O–H groups in total. The first kappa shape index (κ1) is 13.6. The van der Waals surface area contributed by atoms with Gasteiger partial charge >= 0.3 is 0 Å². The van der Waals surface area contributed by atoms with Crippen molar-refractivity contribution in [3.8, 4) is 0 Å². The molecule has 1 aromatic rings. The van der Waals surface area contributed by atoms with Gasteiger partial charge in [-0.1, -0.05) is 17.7 Å². The summed E-state index contributed by atoms with van der Waals surface area (Å²) >= 11 is 0.757. The fourth-order valence-electron chi connectivity index (χ4n) is 1.79. The molecule has 1 aliphatic rings. The Balaban J connectivity index is 1.69. The first-order valence-electron chi connectivity index (χ1n) is 5.69. The molecule has 0 spiro atoms. The molecule has 2 rings (SSSR count). The van der Waals surface area contributed by atoms with Crippen LogP contribution in [0.25, 0.3) is 0 Å². The maximum atomic E-state index is 12.6. The fraction of sp³-hybridized carbons (Fsp3) is 0.500. The van der Waals surface area contributed by atoms with Crippen LogP contribution < -0.4 is 4.47 Å². The molecule has 0 atom stereocenters. The molecule has 0 unspecified atom stereocenters. The second kappa shape index (κ2) is 5.42. The van der Waals surface area contributed by atoms with Gasteiger partial charge in [-0.3, -0.25) is 9.39 Å². The molecule has 0 bridgehead atoms. The predicted molar refractivity (Wildman–Crippen MR) is 66.7 cm³/mol. The van der Waals surface area contributed by atoms with Crippen LogP contribution in [0.3, 0.4) is 0 Å². The summed E-state index contributed by atoms with van der Waals surface area (Å²) in [6.07, 6.45) is -0.243. The summed E-state index contributed by atoms with van der Waals surface area (Å²) in [6.45, 7) is 2.18. The number of alkyl halides is 2. The van der Waals surface area contributed by atoms with Gasteiger partial charge in [0.15, 0.2) is 0 Å². The van der Waals surface area contributed by atoms with Crippen molar-refractivity contribution in [3.05, 3.63) is 29.8 Å². The smallest absolute Gasteiger partial charge is 0.248 e. The molecule has 6 heteroatoms. The minimum absolute atomic E-state index is 0.112. The molecule has 0 aromatic heterocycles. The second-order valence-corrected chi connectivity index (χ2v) is 5.33. The van der Waals surface area contributed by atoms with E-state index in [1.165, 1.54) is 0 Å². The highest BCUT2D eigenvalue weighted by Gasteiger charge is 2.45. The standard InChI is InChI=1S/C12H15F2NO2S/c1-9-2-4-11(5-3-9)15(16)18-17-8-10-6-12(13,14)7-10/h2-5,10,16H,6-8H2,1H3. The molecule has 1 fully saturated rings. The zero-order chi connectivity index (χ0) is 13.2. The predicted octanol–water partition coefficient (Wildman–Crippen LogP) is 3.82. The number of anilines is 1. The molecule has 0 radical (unpaired) electrons. The largest absolute Gasteiger partial charge is 0.295 e. The summed E-state index contributed by atoms with van der Waals surface area (Å²) in [5.41, 5.74) is 1.68. The van der Waals surface area contributed by atoms with Gasteiger partial charge in [0.2, 0.25) is 5.92 Å². The van der Waals surface area contributed by atoms with Crippen molar-refractivity contribution in [2.45, 2.75) is 25.7 Å². The highest BCUT2D eigenvalue weighted by molar-refractivity contribution is 7.95. The SMILES string of the molecule is Cc1ccc(N(O)SOCC2CC(F)(F)C2)cc1. The molecule has 0 heterocycles. The van der Waals surface area contributed by atoms with E-state index in [4.69, 9.17) is 4.18 Å². The van der Waals surface area contributed by atoms with Crippen LogP contribution in [0.5, 0.6) is 0 Å². The molecule has 0 saturated heterocycles. The molecule has 0 aliphatic heterocycles. The third-order valence-electron chi connectivity index (χ3n) is 2.86. The van der Waals surface area contributed by atoms with Gasteiger partial charge in [-0.2, -0.15) is 4.47 Å². The molecule has 3 nitrogen and oxygen atoms in total. The van der Waals surface area contributed by atoms with Gasteiger partial charge in [0, 0.05) is 12.8 Å². The summed E-state index contributed by atoms with van der Waals surface area (Å²) in [4.78, 5) is 0. The second-order valence-electron chi connectivity index (χ2n) is 4.60. The zero-order valence-corrected chi connectivity index (χ0v) is 10.8. The third-order valence-corrected chi connectivity index (χ3v) is 3.45. The molecular weight excluding hydrogens is 260 g/mol. The summed E-state index contributed by atoms with van der Waals surface area (Å²) in [7, 11) is 0. The lowest BCUT2D eigenvalue weighted by molar-refractivity contribution is -0.117. The lowest BCUT2D eigenvalue weighted by Crippen LogP contribution is -2.37. The Kier molecular flexibility index (Phi) is 4.09. The van der Waals surface area contributed by atoms with E-state index >= 15 is 0 Å². The van der Waals surface area contributed by atoms with Crippen LogP contribution in [0.15, 0.2) is 24.3 Å². The van der Waals surface area contributed by atoms with Gasteiger partial charge in [0.25, 0.3) is 0 Å². The minimum atomic E-state index is -2.52. The summed E-state index contributed by atoms with van der Waals surface area (Å²) in [5, 5.41) is 9.64. The van der Waals surface area contributed by atoms with Crippen LogP contribution >= 0.6 is 12.2 Å². The van der Waals surface area contributed by atoms with Gasteiger partial charge in [-0.15, -0.1) is 0 Å².